The minimum atomic E-state index is -0.603. The molecule has 0 bridgehead atoms. The van der Waals surface area contributed by atoms with Gasteiger partial charge in [0.1, 0.15) is 0 Å². The topological polar surface area (TPSA) is 0 Å². The molecule has 0 aliphatic carbocycles. The van der Waals surface area contributed by atoms with E-state index in [1.54, 1.807) is 0 Å². The molecule has 0 fully saturated rings. The summed E-state index contributed by atoms with van der Waals surface area (Å²) in [5, 5.41) is 10.8. The van der Waals surface area contributed by atoms with Gasteiger partial charge in [0.2, 0.25) is 0 Å². The Balaban J connectivity index is 0.000000287. The van der Waals surface area contributed by atoms with Gasteiger partial charge in [0.25, 0.3) is 0 Å². The molecular formula is C32H34Cl2Si2Zr. The summed E-state index contributed by atoms with van der Waals surface area (Å²) in [6.07, 6.45) is 0. The maximum absolute atomic E-state index is 2.39. The van der Waals surface area contributed by atoms with Crippen LogP contribution in [0.4, 0.5) is 0 Å². The second-order valence-electron chi connectivity index (χ2n) is 10.1. The first-order valence-corrected chi connectivity index (χ1v) is 18.0. The average molecular weight is 637 g/mol. The van der Waals surface area contributed by atoms with Crippen molar-refractivity contribution in [2.45, 2.75) is 40.0 Å². The van der Waals surface area contributed by atoms with Crippen LogP contribution in [0.2, 0.25) is 26.2 Å². The van der Waals surface area contributed by atoms with Gasteiger partial charge in [0.15, 0.2) is 0 Å². The first-order valence-electron chi connectivity index (χ1n) is 12.0. The molecule has 0 saturated carbocycles. The van der Waals surface area contributed by atoms with Crippen molar-refractivity contribution in [1.82, 2.24) is 0 Å². The van der Waals surface area contributed by atoms with E-state index >= 15 is 0 Å². The van der Waals surface area contributed by atoms with Crippen LogP contribution in [0.1, 0.15) is 11.1 Å². The summed E-state index contributed by atoms with van der Waals surface area (Å²) >= 11 is 0. The molecule has 5 heteroatoms. The number of benzene rings is 4. The van der Waals surface area contributed by atoms with Crippen molar-refractivity contribution >= 4 is 59.7 Å². The van der Waals surface area contributed by atoms with E-state index in [9.17, 15) is 0 Å². The van der Waals surface area contributed by atoms with Crippen molar-refractivity contribution in [3.05, 3.63) is 108 Å². The number of rotatable bonds is 1. The fraction of sp³-hybridized carbons (Fsp3) is 0.188. The molecule has 0 unspecified atom stereocenters. The molecule has 6 rings (SSSR count). The van der Waals surface area contributed by atoms with Crippen molar-refractivity contribution in [1.29, 1.82) is 0 Å². The summed E-state index contributed by atoms with van der Waals surface area (Å²) < 4.78 is 0. The van der Waals surface area contributed by atoms with Crippen molar-refractivity contribution < 1.29 is 51.0 Å². The minimum Gasteiger partial charge on any atom is -1.00 e. The predicted molar refractivity (Wildman–Crippen MR) is 159 cm³/mol. The Labute approximate surface area is 257 Å². The molecule has 37 heavy (non-hydrogen) atoms. The summed E-state index contributed by atoms with van der Waals surface area (Å²) in [6.45, 7) is 13.8. The second-order valence-corrected chi connectivity index (χ2v) is 21.1. The van der Waals surface area contributed by atoms with E-state index < -0.39 is 7.59 Å². The monoisotopic (exact) mass is 634 g/mol. The van der Waals surface area contributed by atoms with Crippen LogP contribution in [0.3, 0.4) is 0 Å². The van der Waals surface area contributed by atoms with Gasteiger partial charge >= 0.3 is 26.2 Å². The molecule has 0 N–H and O–H groups in total. The first-order chi connectivity index (χ1) is 16.2. The summed E-state index contributed by atoms with van der Waals surface area (Å²) in [5.41, 5.74) is 2.69. The van der Waals surface area contributed by atoms with E-state index in [4.69, 9.17) is 0 Å². The van der Waals surface area contributed by atoms with Gasteiger partial charge in [-0.1, -0.05) is 111 Å². The predicted octanol–water partition coefficient (Wildman–Crippen LogP) is 3.62. The summed E-state index contributed by atoms with van der Waals surface area (Å²) in [5.74, 6) is 0. The SMILES string of the molecule is C[Si][Si](C)(C)C.Cc1cc2c(ccc3ccccc32)[cH-]1.Cc1cc2c(ccc3ccccc32)[cH-]1.[Cl-].[Cl-].[Zr+4]. The summed E-state index contributed by atoms with van der Waals surface area (Å²) in [4.78, 5) is 0. The largest absolute Gasteiger partial charge is 4.00 e. The molecule has 0 spiro atoms. The van der Waals surface area contributed by atoms with E-state index in [0.717, 1.165) is 0 Å². The second kappa shape index (κ2) is 14.6. The van der Waals surface area contributed by atoms with Gasteiger partial charge < -0.3 is 24.8 Å². The zero-order chi connectivity index (χ0) is 24.3. The molecule has 0 aliphatic rings. The number of halogens is 2. The molecule has 6 aromatic carbocycles. The molecule has 0 aromatic heterocycles. The number of hydrogen-bond donors (Lipinski definition) is 0. The van der Waals surface area contributed by atoms with Gasteiger partial charge in [0, 0.05) is 16.6 Å². The van der Waals surface area contributed by atoms with Gasteiger partial charge in [-0.2, -0.15) is 12.1 Å². The summed E-state index contributed by atoms with van der Waals surface area (Å²) in [6, 6.07) is 34.9. The number of hydrogen-bond acceptors (Lipinski definition) is 0. The normalized spacial score (nSPS) is 10.4. The van der Waals surface area contributed by atoms with Crippen molar-refractivity contribution in [2.24, 2.45) is 0 Å². The van der Waals surface area contributed by atoms with E-state index in [0.29, 0.717) is 0 Å². The van der Waals surface area contributed by atoms with E-state index in [1.165, 1.54) is 63.3 Å². The van der Waals surface area contributed by atoms with Crippen molar-refractivity contribution in [3.63, 3.8) is 0 Å². The molecule has 0 amide bonds. The first kappa shape index (κ1) is 33.5. The molecule has 0 atom stereocenters. The molecule has 2 radical (unpaired) electrons. The van der Waals surface area contributed by atoms with Crippen LogP contribution >= 0.6 is 0 Å². The van der Waals surface area contributed by atoms with Gasteiger partial charge in [0.05, 0.1) is 0 Å². The minimum absolute atomic E-state index is 0. The van der Waals surface area contributed by atoms with Crippen LogP contribution in [-0.4, -0.2) is 16.6 Å². The van der Waals surface area contributed by atoms with E-state index in [1.807, 2.05) is 0 Å². The van der Waals surface area contributed by atoms with Gasteiger partial charge in [-0.3, -0.25) is 0 Å². The van der Waals surface area contributed by atoms with Crippen LogP contribution in [0.15, 0.2) is 97.1 Å². The van der Waals surface area contributed by atoms with Crippen LogP contribution in [0, 0.1) is 13.8 Å². The van der Waals surface area contributed by atoms with Crippen LogP contribution < -0.4 is 24.8 Å². The van der Waals surface area contributed by atoms with Gasteiger partial charge in [-0.25, -0.2) is 0 Å². The Kier molecular flexibility index (Phi) is 13.2. The zero-order valence-electron chi connectivity index (χ0n) is 22.5. The van der Waals surface area contributed by atoms with Crippen molar-refractivity contribution in [3.8, 4) is 0 Å². The maximum Gasteiger partial charge on any atom is 4.00 e. The molecule has 188 valence electrons. The molecule has 0 nitrogen and oxygen atoms in total. The van der Waals surface area contributed by atoms with E-state index in [2.05, 4.69) is 137 Å². The molecule has 0 saturated heterocycles. The van der Waals surface area contributed by atoms with Crippen LogP contribution in [-0.2, 0) is 26.2 Å². The van der Waals surface area contributed by atoms with Gasteiger partial charge in [-0.15, -0.1) is 56.9 Å². The van der Waals surface area contributed by atoms with Crippen LogP contribution in [0.25, 0.3) is 43.1 Å². The Morgan fingerprint density at radius 2 is 0.919 bits per heavy atom. The quantitative estimate of drug-likeness (QED) is 0.191. The standard InChI is InChI=1S/2C14H11.C4H12Si2.2ClH.Zr/c2*1-10-8-12-7-6-11-4-2-3-5-13(11)14(12)9-10;1-5-6(2,3)4;;;/h2*2-9H,1H3;1-4H3;2*1H;/q2*-1;;;;+4/p-2. The van der Waals surface area contributed by atoms with Crippen molar-refractivity contribution in [2.75, 3.05) is 0 Å². The number of fused-ring (bicyclic) bond motifs is 6. The summed E-state index contributed by atoms with van der Waals surface area (Å²) in [7, 11) is 0.603. The molecule has 0 heterocycles. The Bertz CT molecular complexity index is 1450. The Morgan fingerprint density at radius 3 is 1.27 bits per heavy atom. The maximum atomic E-state index is 2.39. The third-order valence-corrected chi connectivity index (χ3v) is 12.3. The third kappa shape index (κ3) is 8.50. The number of aryl methyl sites for hydroxylation is 2. The molecule has 6 aromatic rings. The fourth-order valence-electron chi connectivity index (χ4n) is 4.23. The average Bonchev–Trinajstić information content (AvgIpc) is 3.41. The smallest absolute Gasteiger partial charge is 1.00 e. The van der Waals surface area contributed by atoms with Gasteiger partial charge in [-0.05, 0) is 10.8 Å². The van der Waals surface area contributed by atoms with Crippen LogP contribution in [0.5, 0.6) is 0 Å². The Hall–Kier alpha value is -1.48. The zero-order valence-corrected chi connectivity index (χ0v) is 28.5. The van der Waals surface area contributed by atoms with E-state index in [-0.39, 0.29) is 51.0 Å². The fourth-order valence-corrected chi connectivity index (χ4v) is 4.23. The molecule has 0 aliphatic heterocycles. The molecular weight excluding hydrogens is 603 g/mol. The third-order valence-electron chi connectivity index (χ3n) is 6.27. The Morgan fingerprint density at radius 1 is 0.568 bits per heavy atom.